The summed E-state index contributed by atoms with van der Waals surface area (Å²) in [5, 5.41) is 6.65. The summed E-state index contributed by atoms with van der Waals surface area (Å²) in [4.78, 5) is 12.7. The molecule has 0 radical (unpaired) electrons. The maximum absolute atomic E-state index is 12.7. The Morgan fingerprint density at radius 1 is 1.00 bits per heavy atom. The molecule has 23 heavy (non-hydrogen) atoms. The minimum atomic E-state index is -0.126. The second-order valence-electron chi connectivity index (χ2n) is 6.56. The number of benzene rings is 2. The summed E-state index contributed by atoms with van der Waals surface area (Å²) in [6.45, 7) is 0.773. The lowest BCUT2D eigenvalue weighted by atomic mass is 9.87. The molecule has 0 spiro atoms. The first-order valence-electron chi connectivity index (χ1n) is 8.49. The molecular weight excluding hydrogens is 284 g/mol. The summed E-state index contributed by atoms with van der Waals surface area (Å²) in [7, 11) is 0. The normalized spacial score (nSPS) is 22.8. The Labute approximate surface area is 137 Å². The number of hydrogen-bond acceptors (Lipinski definition) is 2. The molecule has 3 nitrogen and oxygen atoms in total. The first kappa shape index (κ1) is 14.5. The van der Waals surface area contributed by atoms with Gasteiger partial charge in [0.1, 0.15) is 0 Å². The maximum atomic E-state index is 12.7. The molecule has 1 amide bonds. The zero-order valence-corrected chi connectivity index (χ0v) is 13.2. The summed E-state index contributed by atoms with van der Waals surface area (Å²) in [5.41, 5.74) is 5.27. The van der Waals surface area contributed by atoms with Gasteiger partial charge >= 0.3 is 0 Å². The van der Waals surface area contributed by atoms with Crippen molar-refractivity contribution in [1.29, 1.82) is 0 Å². The van der Waals surface area contributed by atoms with Gasteiger partial charge < -0.3 is 10.6 Å². The van der Waals surface area contributed by atoms with E-state index in [0.29, 0.717) is 0 Å². The SMILES string of the molecule is O=C(N[C@H]1CCCc2ccccc21)[C@@H]1Cc2ccccc2CN1. The van der Waals surface area contributed by atoms with Crippen LogP contribution >= 0.6 is 0 Å². The van der Waals surface area contributed by atoms with Crippen molar-refractivity contribution in [2.45, 2.75) is 44.3 Å². The van der Waals surface area contributed by atoms with Crippen LogP contribution < -0.4 is 10.6 Å². The Bertz CT molecular complexity index is 725. The molecule has 2 aliphatic rings. The number of nitrogens with one attached hydrogen (secondary N) is 2. The molecule has 2 atom stereocenters. The van der Waals surface area contributed by atoms with Crippen molar-refractivity contribution in [1.82, 2.24) is 10.6 Å². The number of aryl methyl sites for hydroxylation is 1. The van der Waals surface area contributed by atoms with E-state index >= 15 is 0 Å². The van der Waals surface area contributed by atoms with Gasteiger partial charge in [0.15, 0.2) is 0 Å². The van der Waals surface area contributed by atoms with Gasteiger partial charge in [0.2, 0.25) is 5.91 Å². The number of rotatable bonds is 2. The van der Waals surface area contributed by atoms with Gasteiger partial charge in [0, 0.05) is 6.54 Å². The molecule has 0 saturated heterocycles. The lowest BCUT2D eigenvalue weighted by Crippen LogP contribution is -2.48. The van der Waals surface area contributed by atoms with Gasteiger partial charge in [-0.2, -0.15) is 0 Å². The number of carbonyl (C=O) groups excluding carboxylic acids is 1. The third-order valence-electron chi connectivity index (χ3n) is 5.08. The molecule has 2 aromatic rings. The van der Waals surface area contributed by atoms with Gasteiger partial charge in [0.25, 0.3) is 0 Å². The molecule has 0 saturated carbocycles. The number of amides is 1. The van der Waals surface area contributed by atoms with E-state index in [9.17, 15) is 4.79 Å². The Morgan fingerprint density at radius 2 is 1.74 bits per heavy atom. The molecule has 1 aliphatic carbocycles. The van der Waals surface area contributed by atoms with Crippen molar-refractivity contribution < 1.29 is 4.79 Å². The van der Waals surface area contributed by atoms with Crippen molar-refractivity contribution in [3.63, 3.8) is 0 Å². The standard InChI is InChI=1S/C20H22N2O/c23-20(19-12-15-7-1-2-8-16(15)13-21-19)22-18-11-5-9-14-6-3-4-10-17(14)18/h1-4,6-8,10,18-19,21H,5,9,11-13H2,(H,22,23)/t18-,19-/m0/s1. The fourth-order valence-electron chi connectivity index (χ4n) is 3.82. The van der Waals surface area contributed by atoms with Crippen LogP contribution in [-0.2, 0) is 24.2 Å². The second kappa shape index (κ2) is 6.17. The van der Waals surface area contributed by atoms with Crippen LogP contribution in [0.2, 0.25) is 0 Å². The van der Waals surface area contributed by atoms with E-state index in [1.807, 2.05) is 0 Å². The minimum absolute atomic E-state index is 0.126. The third kappa shape index (κ3) is 2.89. The van der Waals surface area contributed by atoms with Crippen molar-refractivity contribution >= 4 is 5.91 Å². The maximum Gasteiger partial charge on any atom is 0.237 e. The van der Waals surface area contributed by atoms with Crippen LogP contribution in [0.4, 0.5) is 0 Å². The van der Waals surface area contributed by atoms with Gasteiger partial charge in [-0.1, -0.05) is 48.5 Å². The largest absolute Gasteiger partial charge is 0.348 e. The molecular formula is C20H22N2O. The molecule has 0 bridgehead atoms. The van der Waals surface area contributed by atoms with Crippen molar-refractivity contribution in [3.05, 3.63) is 70.8 Å². The number of carbonyl (C=O) groups is 1. The van der Waals surface area contributed by atoms with Crippen LogP contribution in [0.5, 0.6) is 0 Å². The van der Waals surface area contributed by atoms with Gasteiger partial charge in [-0.25, -0.2) is 0 Å². The predicted molar refractivity (Wildman–Crippen MR) is 91.0 cm³/mol. The van der Waals surface area contributed by atoms with Crippen LogP contribution in [-0.4, -0.2) is 11.9 Å². The summed E-state index contributed by atoms with van der Waals surface area (Å²) in [6.07, 6.45) is 4.07. The first-order valence-corrected chi connectivity index (χ1v) is 8.49. The van der Waals surface area contributed by atoms with E-state index in [4.69, 9.17) is 0 Å². The zero-order chi connectivity index (χ0) is 15.6. The highest BCUT2D eigenvalue weighted by atomic mass is 16.2. The van der Waals surface area contributed by atoms with Crippen molar-refractivity contribution in [2.75, 3.05) is 0 Å². The minimum Gasteiger partial charge on any atom is -0.348 e. The van der Waals surface area contributed by atoms with Crippen LogP contribution in [0.3, 0.4) is 0 Å². The highest BCUT2D eigenvalue weighted by Gasteiger charge is 2.27. The van der Waals surface area contributed by atoms with E-state index < -0.39 is 0 Å². The second-order valence-corrected chi connectivity index (χ2v) is 6.56. The lowest BCUT2D eigenvalue weighted by Gasteiger charge is -2.30. The predicted octanol–water partition coefficient (Wildman–Crippen LogP) is 2.89. The quantitative estimate of drug-likeness (QED) is 0.896. The van der Waals surface area contributed by atoms with Crippen LogP contribution in [0.15, 0.2) is 48.5 Å². The van der Waals surface area contributed by atoms with Gasteiger partial charge in [-0.15, -0.1) is 0 Å². The molecule has 118 valence electrons. The summed E-state index contributed by atoms with van der Waals surface area (Å²) < 4.78 is 0. The zero-order valence-electron chi connectivity index (χ0n) is 13.2. The molecule has 2 aromatic carbocycles. The topological polar surface area (TPSA) is 41.1 Å². The van der Waals surface area contributed by atoms with Crippen LogP contribution in [0.1, 0.15) is 41.1 Å². The van der Waals surface area contributed by atoms with Crippen molar-refractivity contribution in [2.24, 2.45) is 0 Å². The fraction of sp³-hybridized carbons (Fsp3) is 0.350. The van der Waals surface area contributed by atoms with Crippen molar-refractivity contribution in [3.8, 4) is 0 Å². The van der Waals surface area contributed by atoms with Gasteiger partial charge in [0.05, 0.1) is 12.1 Å². The van der Waals surface area contributed by atoms with E-state index in [1.165, 1.54) is 22.3 Å². The van der Waals surface area contributed by atoms with E-state index in [0.717, 1.165) is 32.2 Å². The number of fused-ring (bicyclic) bond motifs is 2. The molecule has 0 fully saturated rings. The molecule has 0 unspecified atom stereocenters. The molecule has 3 heteroatoms. The van der Waals surface area contributed by atoms with Gasteiger partial charge in [-0.05, 0) is 47.9 Å². The summed E-state index contributed by atoms with van der Waals surface area (Å²) >= 11 is 0. The molecule has 1 heterocycles. The fourth-order valence-corrected chi connectivity index (χ4v) is 3.82. The molecule has 4 rings (SSSR count). The Morgan fingerprint density at radius 3 is 2.61 bits per heavy atom. The molecule has 1 aliphatic heterocycles. The lowest BCUT2D eigenvalue weighted by molar-refractivity contribution is -0.124. The summed E-state index contributed by atoms with van der Waals surface area (Å²) in [6, 6.07) is 16.9. The third-order valence-corrected chi connectivity index (χ3v) is 5.08. The van der Waals surface area contributed by atoms with E-state index in [2.05, 4.69) is 59.2 Å². The molecule has 2 N–H and O–H groups in total. The van der Waals surface area contributed by atoms with E-state index in [-0.39, 0.29) is 18.0 Å². The monoisotopic (exact) mass is 306 g/mol. The Balaban J connectivity index is 1.47. The van der Waals surface area contributed by atoms with Crippen LogP contribution in [0.25, 0.3) is 0 Å². The molecule has 0 aromatic heterocycles. The first-order chi connectivity index (χ1) is 11.3. The van der Waals surface area contributed by atoms with Crippen LogP contribution in [0, 0.1) is 0 Å². The summed E-state index contributed by atoms with van der Waals surface area (Å²) in [5.74, 6) is 0.126. The highest BCUT2D eigenvalue weighted by molar-refractivity contribution is 5.83. The average molecular weight is 306 g/mol. The average Bonchev–Trinajstić information content (AvgIpc) is 2.61. The van der Waals surface area contributed by atoms with E-state index in [1.54, 1.807) is 0 Å². The smallest absolute Gasteiger partial charge is 0.237 e. The van der Waals surface area contributed by atoms with Gasteiger partial charge in [-0.3, -0.25) is 4.79 Å². The Kier molecular flexibility index (Phi) is 3.88. The Hall–Kier alpha value is -2.13. The highest BCUT2D eigenvalue weighted by Crippen LogP contribution is 2.29. The number of hydrogen-bond donors (Lipinski definition) is 2.